The van der Waals surface area contributed by atoms with Crippen molar-refractivity contribution in [2.24, 2.45) is 5.73 Å². The lowest BCUT2D eigenvalue weighted by atomic mass is 10.2. The highest BCUT2D eigenvalue weighted by Crippen LogP contribution is 2.16. The van der Waals surface area contributed by atoms with E-state index in [1.807, 2.05) is 0 Å². The Bertz CT molecular complexity index is 450. The topological polar surface area (TPSA) is 78.6 Å². The summed E-state index contributed by atoms with van der Waals surface area (Å²) in [6, 6.07) is 5.04. The van der Waals surface area contributed by atoms with Crippen molar-refractivity contribution in [3.8, 4) is 5.75 Å². The van der Waals surface area contributed by atoms with Crippen LogP contribution in [0.1, 0.15) is 17.3 Å². The van der Waals surface area contributed by atoms with Crippen LogP contribution in [0, 0.1) is 0 Å². The van der Waals surface area contributed by atoms with Crippen molar-refractivity contribution in [2.45, 2.75) is 19.6 Å². The Balaban J connectivity index is 2.77. The number of rotatable bonds is 5. The molecule has 0 aliphatic heterocycles. The molecule has 0 aliphatic carbocycles. The number of primary amides is 1. The maximum absolute atomic E-state index is 12.0. The highest BCUT2D eigenvalue weighted by Gasteiger charge is 2.17. The molecule has 0 aliphatic rings. The average Bonchev–Trinajstić information content (AvgIpc) is 2.28. The summed E-state index contributed by atoms with van der Waals surface area (Å²) in [4.78, 5) is 22.2. The number of halogens is 2. The standard InChI is InChI=1S/C11H11F2NO4/c1-6(9(14)15)17-10(16)7-3-2-4-8(5-7)18-11(12)13/h2-6,11H,1H3,(H2,14,15)/t6-/m1/s1. The quantitative estimate of drug-likeness (QED) is 0.809. The molecule has 5 nitrogen and oxygen atoms in total. The molecular weight excluding hydrogens is 248 g/mol. The van der Waals surface area contributed by atoms with Gasteiger partial charge in [0.2, 0.25) is 0 Å². The molecule has 0 fully saturated rings. The molecule has 1 rings (SSSR count). The minimum absolute atomic E-state index is 0.0127. The van der Waals surface area contributed by atoms with E-state index in [0.717, 1.165) is 6.07 Å². The highest BCUT2D eigenvalue weighted by molar-refractivity contribution is 5.92. The first kappa shape index (κ1) is 13.9. The molecule has 0 unspecified atom stereocenters. The van der Waals surface area contributed by atoms with Crippen molar-refractivity contribution in [3.63, 3.8) is 0 Å². The lowest BCUT2D eigenvalue weighted by molar-refractivity contribution is -0.125. The maximum Gasteiger partial charge on any atom is 0.387 e. The Morgan fingerprint density at radius 1 is 1.33 bits per heavy atom. The summed E-state index contributed by atoms with van der Waals surface area (Å²) in [7, 11) is 0. The zero-order chi connectivity index (χ0) is 13.7. The third kappa shape index (κ3) is 4.00. The van der Waals surface area contributed by atoms with E-state index >= 15 is 0 Å². The van der Waals surface area contributed by atoms with Crippen LogP contribution < -0.4 is 10.5 Å². The largest absolute Gasteiger partial charge is 0.449 e. The summed E-state index contributed by atoms with van der Waals surface area (Å²) >= 11 is 0. The molecule has 2 N–H and O–H groups in total. The molecule has 7 heteroatoms. The smallest absolute Gasteiger partial charge is 0.387 e. The van der Waals surface area contributed by atoms with Crippen molar-refractivity contribution < 1.29 is 27.8 Å². The molecule has 1 aromatic carbocycles. The number of nitrogens with two attached hydrogens (primary N) is 1. The first-order valence-electron chi connectivity index (χ1n) is 4.95. The minimum Gasteiger partial charge on any atom is -0.449 e. The van der Waals surface area contributed by atoms with Gasteiger partial charge in [-0.15, -0.1) is 0 Å². The van der Waals surface area contributed by atoms with Gasteiger partial charge in [0.25, 0.3) is 5.91 Å². The van der Waals surface area contributed by atoms with Crippen LogP contribution in [0.5, 0.6) is 5.75 Å². The van der Waals surface area contributed by atoms with Gasteiger partial charge in [0.05, 0.1) is 5.56 Å². The number of hydrogen-bond donors (Lipinski definition) is 1. The summed E-state index contributed by atoms with van der Waals surface area (Å²) < 4.78 is 32.8. The van der Waals surface area contributed by atoms with Crippen molar-refractivity contribution >= 4 is 11.9 Å². The van der Waals surface area contributed by atoms with Crippen LogP contribution in [0.4, 0.5) is 8.78 Å². The van der Waals surface area contributed by atoms with Gasteiger partial charge in [0.15, 0.2) is 6.10 Å². The van der Waals surface area contributed by atoms with Crippen LogP contribution in [-0.4, -0.2) is 24.6 Å². The second-order valence-corrected chi connectivity index (χ2v) is 3.36. The van der Waals surface area contributed by atoms with Crippen LogP contribution in [-0.2, 0) is 9.53 Å². The van der Waals surface area contributed by atoms with Crippen molar-refractivity contribution in [1.82, 2.24) is 0 Å². The van der Waals surface area contributed by atoms with E-state index in [9.17, 15) is 18.4 Å². The normalized spacial score (nSPS) is 12.0. The molecule has 98 valence electrons. The first-order chi connectivity index (χ1) is 8.40. The summed E-state index contributed by atoms with van der Waals surface area (Å²) in [5.74, 6) is -1.82. The Kier molecular flexibility index (Phi) is 4.59. The van der Waals surface area contributed by atoms with Crippen molar-refractivity contribution in [2.75, 3.05) is 0 Å². The van der Waals surface area contributed by atoms with E-state index in [1.165, 1.54) is 25.1 Å². The molecule has 1 aromatic rings. The number of ether oxygens (including phenoxy) is 2. The minimum atomic E-state index is -2.99. The summed E-state index contributed by atoms with van der Waals surface area (Å²) in [5.41, 5.74) is 4.91. The van der Waals surface area contributed by atoms with Gasteiger partial charge in [0.1, 0.15) is 5.75 Å². The maximum atomic E-state index is 12.0. The fourth-order valence-electron chi connectivity index (χ4n) is 1.09. The molecule has 0 saturated heterocycles. The van der Waals surface area contributed by atoms with Gasteiger partial charge < -0.3 is 15.2 Å². The number of carbonyl (C=O) groups excluding carboxylic acids is 2. The van der Waals surface area contributed by atoms with E-state index in [-0.39, 0.29) is 11.3 Å². The molecule has 0 saturated carbocycles. The predicted molar refractivity (Wildman–Crippen MR) is 57.1 cm³/mol. The van der Waals surface area contributed by atoms with Crippen LogP contribution in [0.2, 0.25) is 0 Å². The van der Waals surface area contributed by atoms with Crippen molar-refractivity contribution in [1.29, 1.82) is 0 Å². The van der Waals surface area contributed by atoms with Gasteiger partial charge in [-0.25, -0.2) is 4.79 Å². The fourth-order valence-corrected chi connectivity index (χ4v) is 1.09. The van der Waals surface area contributed by atoms with Crippen molar-refractivity contribution in [3.05, 3.63) is 29.8 Å². The lowest BCUT2D eigenvalue weighted by Gasteiger charge is -2.10. The number of alkyl halides is 2. The van der Waals surface area contributed by atoms with Crippen LogP contribution in [0.3, 0.4) is 0 Å². The average molecular weight is 259 g/mol. The lowest BCUT2D eigenvalue weighted by Crippen LogP contribution is -2.30. The molecule has 1 amide bonds. The van der Waals surface area contributed by atoms with Gasteiger partial charge in [-0.05, 0) is 25.1 Å². The molecule has 1 atom stereocenters. The number of hydrogen-bond acceptors (Lipinski definition) is 4. The van der Waals surface area contributed by atoms with Gasteiger partial charge >= 0.3 is 12.6 Å². The van der Waals surface area contributed by atoms with Gasteiger partial charge in [-0.1, -0.05) is 6.07 Å². The molecular formula is C11H11F2NO4. The summed E-state index contributed by atoms with van der Waals surface area (Å²) in [6.45, 7) is -1.68. The summed E-state index contributed by atoms with van der Waals surface area (Å²) in [5, 5.41) is 0. The number of amides is 1. The number of esters is 1. The van der Waals surface area contributed by atoms with Crippen LogP contribution >= 0.6 is 0 Å². The van der Waals surface area contributed by atoms with E-state index in [1.54, 1.807) is 0 Å². The predicted octanol–water partition coefficient (Wildman–Crippen LogP) is 1.32. The van der Waals surface area contributed by atoms with Gasteiger partial charge in [-0.2, -0.15) is 8.78 Å². The third-order valence-corrected chi connectivity index (χ3v) is 1.98. The van der Waals surface area contributed by atoms with E-state index < -0.39 is 24.6 Å². The highest BCUT2D eigenvalue weighted by atomic mass is 19.3. The van der Waals surface area contributed by atoms with E-state index in [2.05, 4.69) is 4.74 Å². The Morgan fingerprint density at radius 2 is 2.00 bits per heavy atom. The first-order valence-corrected chi connectivity index (χ1v) is 4.95. The zero-order valence-corrected chi connectivity index (χ0v) is 9.43. The molecule has 18 heavy (non-hydrogen) atoms. The molecule has 0 spiro atoms. The van der Waals surface area contributed by atoms with E-state index in [0.29, 0.717) is 0 Å². The number of carbonyl (C=O) groups is 2. The second-order valence-electron chi connectivity index (χ2n) is 3.36. The molecule has 0 bridgehead atoms. The molecule has 0 aromatic heterocycles. The Hall–Kier alpha value is -2.18. The van der Waals surface area contributed by atoms with Gasteiger partial charge in [0, 0.05) is 0 Å². The number of benzene rings is 1. The van der Waals surface area contributed by atoms with Crippen LogP contribution in [0.15, 0.2) is 24.3 Å². The zero-order valence-electron chi connectivity index (χ0n) is 9.43. The Labute approximate surface area is 101 Å². The molecule has 0 heterocycles. The monoisotopic (exact) mass is 259 g/mol. The molecule has 0 radical (unpaired) electrons. The SMILES string of the molecule is C[C@@H](OC(=O)c1cccc(OC(F)F)c1)C(N)=O. The van der Waals surface area contributed by atoms with Crippen LogP contribution in [0.25, 0.3) is 0 Å². The third-order valence-electron chi connectivity index (χ3n) is 1.98. The second kappa shape index (κ2) is 5.95. The van der Waals surface area contributed by atoms with E-state index in [4.69, 9.17) is 10.5 Å². The summed E-state index contributed by atoms with van der Waals surface area (Å²) in [6.07, 6.45) is -1.10. The fraction of sp³-hybridized carbons (Fsp3) is 0.273. The van der Waals surface area contributed by atoms with Gasteiger partial charge in [-0.3, -0.25) is 4.79 Å². The Morgan fingerprint density at radius 3 is 2.56 bits per heavy atom.